The van der Waals surface area contributed by atoms with Crippen LogP contribution in [0.4, 0.5) is 0 Å². The largest absolute Gasteiger partial charge is 0.325 e. The fourth-order valence-corrected chi connectivity index (χ4v) is 1.08. The van der Waals surface area contributed by atoms with Crippen molar-refractivity contribution in [1.29, 1.82) is 0 Å². The molecule has 0 amide bonds. The van der Waals surface area contributed by atoms with Crippen LogP contribution in [0.3, 0.4) is 0 Å². The van der Waals surface area contributed by atoms with Crippen molar-refractivity contribution < 1.29 is 4.48 Å². The van der Waals surface area contributed by atoms with E-state index in [1.54, 1.807) is 0 Å². The fourth-order valence-electron chi connectivity index (χ4n) is 1.08. The molecule has 0 saturated carbocycles. The number of rotatable bonds is 4. The van der Waals surface area contributed by atoms with Crippen LogP contribution in [0.25, 0.3) is 0 Å². The van der Waals surface area contributed by atoms with E-state index >= 15 is 0 Å². The number of nitrogens with two attached hydrogens (primary N) is 1. The van der Waals surface area contributed by atoms with Crippen molar-refractivity contribution >= 4 is 0 Å². The van der Waals surface area contributed by atoms with Crippen LogP contribution in [-0.4, -0.2) is 37.7 Å². The predicted octanol–water partition coefficient (Wildman–Crippen LogP) is 0.820. The van der Waals surface area contributed by atoms with Gasteiger partial charge >= 0.3 is 0 Å². The maximum Gasteiger partial charge on any atom is 0.0981 e. The Balaban J connectivity index is 3.82. The average molecular weight is 145 g/mol. The molecular formula is C8H21N2+. The van der Waals surface area contributed by atoms with Crippen LogP contribution in [-0.2, 0) is 0 Å². The standard InChI is InChI=1S/C8H21N2/c1-5-6-10(3,4)8(2)7-9/h8H,5-7,9H2,1-4H3/q+1. The SMILES string of the molecule is CCC[N+](C)(C)C(C)CN. The quantitative estimate of drug-likeness (QED) is 0.582. The molecule has 10 heavy (non-hydrogen) atoms. The Morgan fingerprint density at radius 2 is 1.90 bits per heavy atom. The second kappa shape index (κ2) is 3.94. The van der Waals surface area contributed by atoms with Gasteiger partial charge in [-0.05, 0) is 13.3 Å². The Kier molecular flexibility index (Phi) is 3.91. The normalized spacial score (nSPS) is 15.3. The van der Waals surface area contributed by atoms with Gasteiger partial charge in [0.15, 0.2) is 0 Å². The fraction of sp³-hybridized carbons (Fsp3) is 1.00. The third-order valence-corrected chi connectivity index (χ3v) is 2.33. The van der Waals surface area contributed by atoms with Gasteiger partial charge in [-0.25, -0.2) is 0 Å². The van der Waals surface area contributed by atoms with E-state index in [0.717, 1.165) is 11.0 Å². The predicted molar refractivity (Wildman–Crippen MR) is 45.8 cm³/mol. The van der Waals surface area contributed by atoms with Crippen LogP contribution in [0.15, 0.2) is 0 Å². The molecule has 0 fully saturated rings. The summed E-state index contributed by atoms with van der Waals surface area (Å²) in [5.41, 5.74) is 5.57. The van der Waals surface area contributed by atoms with E-state index in [1.165, 1.54) is 13.0 Å². The second-order valence-electron chi connectivity index (χ2n) is 3.59. The zero-order valence-electron chi connectivity index (χ0n) is 7.72. The number of likely N-dealkylation sites (N-methyl/N-ethyl adjacent to an activating group) is 1. The molecule has 0 rings (SSSR count). The van der Waals surface area contributed by atoms with Crippen molar-refractivity contribution in [2.24, 2.45) is 5.73 Å². The van der Waals surface area contributed by atoms with E-state index in [4.69, 9.17) is 5.73 Å². The summed E-state index contributed by atoms with van der Waals surface area (Å²) in [7, 11) is 4.47. The lowest BCUT2D eigenvalue weighted by Gasteiger charge is -2.35. The molecule has 0 saturated heterocycles. The molecule has 1 unspecified atom stereocenters. The Hall–Kier alpha value is -0.0800. The molecule has 0 spiro atoms. The summed E-state index contributed by atoms with van der Waals surface area (Å²) in [5, 5.41) is 0. The highest BCUT2D eigenvalue weighted by molar-refractivity contribution is 4.49. The zero-order valence-corrected chi connectivity index (χ0v) is 7.72. The van der Waals surface area contributed by atoms with Crippen LogP contribution in [0.5, 0.6) is 0 Å². The number of hydrogen-bond donors (Lipinski definition) is 1. The highest BCUT2D eigenvalue weighted by Gasteiger charge is 2.20. The number of nitrogens with zero attached hydrogens (tertiary/aromatic N) is 1. The van der Waals surface area contributed by atoms with E-state index in [2.05, 4.69) is 27.9 Å². The second-order valence-corrected chi connectivity index (χ2v) is 3.59. The summed E-state index contributed by atoms with van der Waals surface area (Å²) < 4.78 is 1.05. The molecule has 0 radical (unpaired) electrons. The monoisotopic (exact) mass is 145 g/mol. The first-order valence-corrected chi connectivity index (χ1v) is 4.07. The minimum atomic E-state index is 0.583. The number of hydrogen-bond acceptors (Lipinski definition) is 1. The molecule has 2 heteroatoms. The molecule has 0 aromatic carbocycles. The Bertz CT molecular complexity index is 89.3. The average Bonchev–Trinajstić information content (AvgIpc) is 1.86. The minimum absolute atomic E-state index is 0.583. The molecule has 0 aliphatic heterocycles. The Morgan fingerprint density at radius 3 is 2.20 bits per heavy atom. The molecular weight excluding hydrogens is 124 g/mol. The van der Waals surface area contributed by atoms with Crippen molar-refractivity contribution in [3.05, 3.63) is 0 Å². The van der Waals surface area contributed by atoms with Crippen LogP contribution in [0.1, 0.15) is 20.3 Å². The highest BCUT2D eigenvalue weighted by atomic mass is 15.3. The van der Waals surface area contributed by atoms with Crippen molar-refractivity contribution in [1.82, 2.24) is 0 Å². The van der Waals surface area contributed by atoms with Gasteiger partial charge in [-0.15, -0.1) is 0 Å². The molecule has 0 aliphatic carbocycles. The summed E-state index contributed by atoms with van der Waals surface area (Å²) in [6.07, 6.45) is 1.23. The van der Waals surface area contributed by atoms with Crippen molar-refractivity contribution in [3.8, 4) is 0 Å². The highest BCUT2D eigenvalue weighted by Crippen LogP contribution is 2.05. The molecule has 0 bridgehead atoms. The summed E-state index contributed by atoms with van der Waals surface area (Å²) in [5.74, 6) is 0. The van der Waals surface area contributed by atoms with Gasteiger partial charge in [-0.1, -0.05) is 6.92 Å². The van der Waals surface area contributed by atoms with Crippen molar-refractivity contribution in [3.63, 3.8) is 0 Å². The number of quaternary nitrogens is 1. The first-order chi connectivity index (χ1) is 4.54. The molecule has 62 valence electrons. The third kappa shape index (κ3) is 2.67. The Morgan fingerprint density at radius 1 is 1.40 bits per heavy atom. The molecule has 0 aliphatic rings. The maximum absolute atomic E-state index is 5.57. The van der Waals surface area contributed by atoms with Gasteiger partial charge in [-0.2, -0.15) is 0 Å². The first-order valence-electron chi connectivity index (χ1n) is 4.07. The van der Waals surface area contributed by atoms with Crippen LogP contribution < -0.4 is 5.73 Å². The zero-order chi connectivity index (χ0) is 8.20. The lowest BCUT2D eigenvalue weighted by atomic mass is 10.2. The maximum atomic E-state index is 5.57. The smallest absolute Gasteiger partial charge is 0.0981 e. The van der Waals surface area contributed by atoms with E-state index in [0.29, 0.717) is 6.04 Å². The van der Waals surface area contributed by atoms with Crippen LogP contribution >= 0.6 is 0 Å². The van der Waals surface area contributed by atoms with E-state index < -0.39 is 0 Å². The van der Waals surface area contributed by atoms with E-state index in [9.17, 15) is 0 Å². The third-order valence-electron chi connectivity index (χ3n) is 2.33. The molecule has 0 heterocycles. The lowest BCUT2D eigenvalue weighted by molar-refractivity contribution is -0.911. The van der Waals surface area contributed by atoms with Crippen molar-refractivity contribution in [2.45, 2.75) is 26.3 Å². The van der Waals surface area contributed by atoms with Gasteiger partial charge in [0.1, 0.15) is 0 Å². The minimum Gasteiger partial charge on any atom is -0.325 e. The van der Waals surface area contributed by atoms with Gasteiger partial charge in [0.25, 0.3) is 0 Å². The summed E-state index contributed by atoms with van der Waals surface area (Å²) in [4.78, 5) is 0. The van der Waals surface area contributed by atoms with Gasteiger partial charge in [0, 0.05) is 6.54 Å². The molecule has 0 aromatic heterocycles. The van der Waals surface area contributed by atoms with Crippen LogP contribution in [0.2, 0.25) is 0 Å². The molecule has 2 N–H and O–H groups in total. The first kappa shape index (κ1) is 9.92. The molecule has 1 atom stereocenters. The van der Waals surface area contributed by atoms with Crippen LogP contribution in [0, 0.1) is 0 Å². The summed E-state index contributed by atoms with van der Waals surface area (Å²) in [6.45, 7) is 6.42. The van der Waals surface area contributed by atoms with Gasteiger partial charge in [-0.3, -0.25) is 0 Å². The van der Waals surface area contributed by atoms with Gasteiger partial charge in [0.2, 0.25) is 0 Å². The van der Waals surface area contributed by atoms with Gasteiger partial charge in [0.05, 0.1) is 26.7 Å². The van der Waals surface area contributed by atoms with Crippen molar-refractivity contribution in [2.75, 3.05) is 27.2 Å². The molecule has 0 aromatic rings. The topological polar surface area (TPSA) is 26.0 Å². The van der Waals surface area contributed by atoms with Gasteiger partial charge < -0.3 is 10.2 Å². The van der Waals surface area contributed by atoms with E-state index in [1.807, 2.05) is 0 Å². The summed E-state index contributed by atoms with van der Waals surface area (Å²) in [6, 6.07) is 0.583. The molecule has 2 nitrogen and oxygen atoms in total. The van der Waals surface area contributed by atoms with E-state index in [-0.39, 0.29) is 0 Å². The summed E-state index contributed by atoms with van der Waals surface area (Å²) >= 11 is 0. The lowest BCUT2D eigenvalue weighted by Crippen LogP contribution is -2.51. The Labute approximate surface area is 64.6 Å².